The molecule has 0 aliphatic heterocycles. The Morgan fingerprint density at radius 3 is 3.08 bits per heavy atom. The number of nitrogens with one attached hydrogen (secondary N) is 2. The summed E-state index contributed by atoms with van der Waals surface area (Å²) in [6, 6.07) is -0.923. The third kappa shape index (κ3) is 2.83. The topological polar surface area (TPSA) is 78.0 Å². The molecule has 0 bridgehead atoms. The monoisotopic (exact) mass is 187 g/mol. The summed E-state index contributed by atoms with van der Waals surface area (Å²) in [7, 11) is 0. The molecule has 0 unspecified atom stereocenters. The van der Waals surface area contributed by atoms with E-state index in [2.05, 4.69) is 15.3 Å². The number of carbonyl (C=O) groups is 1. The number of hydrogen-bond acceptors (Lipinski definition) is 3. The van der Waals surface area contributed by atoms with Crippen LogP contribution in [-0.4, -0.2) is 33.9 Å². The van der Waals surface area contributed by atoms with Gasteiger partial charge in [0.05, 0.1) is 12.0 Å². The highest BCUT2D eigenvalue weighted by Crippen LogP contribution is 1.98. The third-order valence-corrected chi connectivity index (χ3v) is 1.59. The molecule has 0 fully saturated rings. The van der Waals surface area contributed by atoms with Crippen molar-refractivity contribution in [2.24, 2.45) is 0 Å². The molecule has 0 aliphatic carbocycles. The van der Waals surface area contributed by atoms with Gasteiger partial charge < -0.3 is 10.1 Å². The van der Waals surface area contributed by atoms with Crippen LogP contribution in [0.3, 0.4) is 0 Å². The van der Waals surface area contributed by atoms with Gasteiger partial charge in [0, 0.05) is 12.6 Å². The Balaban J connectivity index is 2.52. The number of hydrogen-bond donors (Lipinski definition) is 3. The zero-order valence-electron chi connectivity index (χ0n) is 6.83. The second-order valence-corrected chi connectivity index (χ2v) is 2.49. The number of carboxylic acid groups (broad SMARTS) is 1. The SMILES string of the molecule is O=C(O)[C@H](Cc1c[nH]cn1)NCF. The van der Waals surface area contributed by atoms with Gasteiger partial charge in [-0.05, 0) is 0 Å². The average molecular weight is 187 g/mol. The number of aromatic nitrogens is 2. The molecule has 72 valence electrons. The summed E-state index contributed by atoms with van der Waals surface area (Å²) in [5.74, 6) is -1.08. The molecule has 1 atom stereocenters. The quantitative estimate of drug-likeness (QED) is 0.563. The van der Waals surface area contributed by atoms with Gasteiger partial charge in [-0.15, -0.1) is 0 Å². The average Bonchev–Trinajstić information content (AvgIpc) is 2.56. The fraction of sp³-hybridized carbons (Fsp3) is 0.429. The minimum absolute atomic E-state index is 0.169. The highest BCUT2D eigenvalue weighted by Gasteiger charge is 2.17. The molecule has 6 heteroatoms. The number of aliphatic carboxylic acids is 1. The lowest BCUT2D eigenvalue weighted by molar-refractivity contribution is -0.139. The summed E-state index contributed by atoms with van der Waals surface area (Å²) in [5, 5.41) is 10.8. The Morgan fingerprint density at radius 1 is 1.85 bits per heavy atom. The van der Waals surface area contributed by atoms with E-state index in [0.717, 1.165) is 0 Å². The van der Waals surface area contributed by atoms with Crippen LogP contribution in [0, 0.1) is 0 Å². The first-order valence-corrected chi connectivity index (χ1v) is 3.74. The van der Waals surface area contributed by atoms with Crippen LogP contribution in [0.25, 0.3) is 0 Å². The Kier molecular flexibility index (Phi) is 3.39. The van der Waals surface area contributed by atoms with Gasteiger partial charge in [-0.1, -0.05) is 0 Å². The molecule has 3 N–H and O–H groups in total. The van der Waals surface area contributed by atoms with E-state index in [4.69, 9.17) is 5.11 Å². The number of rotatable bonds is 5. The molecule has 0 aromatic carbocycles. The maximum atomic E-state index is 11.8. The Morgan fingerprint density at radius 2 is 2.62 bits per heavy atom. The van der Waals surface area contributed by atoms with Crippen molar-refractivity contribution in [1.29, 1.82) is 0 Å². The van der Waals surface area contributed by atoms with E-state index in [1.54, 1.807) is 6.20 Å². The Labute approximate surface area is 74.0 Å². The lowest BCUT2D eigenvalue weighted by Crippen LogP contribution is -2.38. The van der Waals surface area contributed by atoms with Crippen LogP contribution in [0.4, 0.5) is 4.39 Å². The summed E-state index contributed by atoms with van der Waals surface area (Å²) in [6.07, 6.45) is 3.20. The molecule has 1 heterocycles. The first-order chi connectivity index (χ1) is 6.24. The van der Waals surface area contributed by atoms with E-state index < -0.39 is 18.8 Å². The van der Waals surface area contributed by atoms with Gasteiger partial charge in [0.2, 0.25) is 0 Å². The van der Waals surface area contributed by atoms with Gasteiger partial charge in [0.15, 0.2) is 0 Å². The number of alkyl halides is 1. The summed E-state index contributed by atoms with van der Waals surface area (Å²) >= 11 is 0. The van der Waals surface area contributed by atoms with Gasteiger partial charge in [-0.3, -0.25) is 10.1 Å². The van der Waals surface area contributed by atoms with E-state index in [-0.39, 0.29) is 6.42 Å². The van der Waals surface area contributed by atoms with Crippen molar-refractivity contribution in [2.75, 3.05) is 6.80 Å². The van der Waals surface area contributed by atoms with E-state index in [1.807, 2.05) is 0 Å². The highest BCUT2D eigenvalue weighted by atomic mass is 19.1. The molecular formula is C7H10FN3O2. The highest BCUT2D eigenvalue weighted by molar-refractivity contribution is 5.73. The first-order valence-electron chi connectivity index (χ1n) is 3.74. The number of nitrogens with zero attached hydrogens (tertiary/aromatic N) is 1. The molecule has 0 saturated heterocycles. The van der Waals surface area contributed by atoms with E-state index in [1.165, 1.54) is 6.33 Å². The molecule has 13 heavy (non-hydrogen) atoms. The molecule has 5 nitrogen and oxygen atoms in total. The lowest BCUT2D eigenvalue weighted by Gasteiger charge is -2.09. The smallest absolute Gasteiger partial charge is 0.321 e. The summed E-state index contributed by atoms with van der Waals surface area (Å²) < 4.78 is 11.8. The zero-order valence-corrected chi connectivity index (χ0v) is 6.83. The van der Waals surface area contributed by atoms with Gasteiger partial charge in [0.25, 0.3) is 0 Å². The van der Waals surface area contributed by atoms with Crippen LogP contribution >= 0.6 is 0 Å². The molecule has 1 rings (SSSR count). The molecule has 1 aromatic rings. The van der Waals surface area contributed by atoms with Crippen LogP contribution < -0.4 is 5.32 Å². The van der Waals surface area contributed by atoms with Crippen molar-refractivity contribution in [1.82, 2.24) is 15.3 Å². The van der Waals surface area contributed by atoms with Crippen molar-refractivity contribution in [3.8, 4) is 0 Å². The summed E-state index contributed by atoms with van der Waals surface area (Å²) in [4.78, 5) is 17.1. The lowest BCUT2D eigenvalue weighted by atomic mass is 10.2. The second-order valence-electron chi connectivity index (χ2n) is 2.49. The Bertz CT molecular complexity index is 263. The summed E-state index contributed by atoms with van der Waals surface area (Å²) in [6.45, 7) is -0.860. The van der Waals surface area contributed by atoms with E-state index in [9.17, 15) is 9.18 Å². The van der Waals surface area contributed by atoms with Gasteiger partial charge in [0.1, 0.15) is 12.8 Å². The summed E-state index contributed by atoms with van der Waals surface area (Å²) in [5.41, 5.74) is 0.591. The Hall–Kier alpha value is -1.43. The molecule has 0 saturated carbocycles. The number of carboxylic acids is 1. The molecular weight excluding hydrogens is 177 g/mol. The van der Waals surface area contributed by atoms with Crippen molar-refractivity contribution < 1.29 is 14.3 Å². The number of aromatic amines is 1. The third-order valence-electron chi connectivity index (χ3n) is 1.59. The minimum Gasteiger partial charge on any atom is -0.480 e. The predicted molar refractivity (Wildman–Crippen MR) is 42.8 cm³/mol. The molecule has 0 spiro atoms. The maximum Gasteiger partial charge on any atom is 0.321 e. The van der Waals surface area contributed by atoms with Crippen molar-refractivity contribution >= 4 is 5.97 Å². The van der Waals surface area contributed by atoms with E-state index in [0.29, 0.717) is 5.69 Å². The molecule has 0 aliphatic rings. The molecule has 1 aromatic heterocycles. The molecule has 0 radical (unpaired) electrons. The van der Waals surface area contributed by atoms with E-state index >= 15 is 0 Å². The van der Waals surface area contributed by atoms with Crippen LogP contribution in [0.2, 0.25) is 0 Å². The van der Waals surface area contributed by atoms with Crippen LogP contribution in [0.15, 0.2) is 12.5 Å². The van der Waals surface area contributed by atoms with Gasteiger partial charge >= 0.3 is 5.97 Å². The number of imidazole rings is 1. The second kappa shape index (κ2) is 4.56. The van der Waals surface area contributed by atoms with Crippen molar-refractivity contribution in [2.45, 2.75) is 12.5 Å². The zero-order chi connectivity index (χ0) is 9.68. The minimum atomic E-state index is -1.08. The fourth-order valence-corrected chi connectivity index (χ4v) is 0.952. The molecule has 0 amide bonds. The standard InChI is InChI=1S/C7H10FN3O2/c8-3-10-6(7(12)13)1-5-2-9-4-11-5/h2,4,6,10H,1,3H2,(H,9,11)(H,12,13)/t6-/m0/s1. The van der Waals surface area contributed by atoms with Crippen LogP contribution in [-0.2, 0) is 11.2 Å². The van der Waals surface area contributed by atoms with Gasteiger partial charge in [-0.25, -0.2) is 9.37 Å². The van der Waals surface area contributed by atoms with Crippen molar-refractivity contribution in [3.63, 3.8) is 0 Å². The normalized spacial score (nSPS) is 12.7. The maximum absolute atomic E-state index is 11.8. The first kappa shape index (κ1) is 9.66. The van der Waals surface area contributed by atoms with Gasteiger partial charge in [-0.2, -0.15) is 0 Å². The van der Waals surface area contributed by atoms with Crippen LogP contribution in [0.1, 0.15) is 5.69 Å². The van der Waals surface area contributed by atoms with Crippen molar-refractivity contribution in [3.05, 3.63) is 18.2 Å². The number of H-pyrrole nitrogens is 1. The largest absolute Gasteiger partial charge is 0.480 e. The number of halogens is 1. The van der Waals surface area contributed by atoms with Crippen LogP contribution in [0.5, 0.6) is 0 Å². The predicted octanol–water partition coefficient (Wildman–Crippen LogP) is -0.0780. The fourth-order valence-electron chi connectivity index (χ4n) is 0.952.